The van der Waals surface area contributed by atoms with Crippen LogP contribution in [-0.4, -0.2) is 45.1 Å². The van der Waals surface area contributed by atoms with E-state index in [1.165, 1.54) is 16.7 Å². The Kier molecular flexibility index (Phi) is 4.34. The first-order valence-electron chi connectivity index (χ1n) is 8.20. The number of rotatable bonds is 4. The third-order valence-electron chi connectivity index (χ3n) is 4.07. The number of nitrogens with zero attached hydrogens (tertiary/aromatic N) is 3. The number of thioether (sulfide) groups is 1. The minimum atomic E-state index is -0.457. The topological polar surface area (TPSA) is 88.3 Å². The number of urea groups is 1. The van der Waals surface area contributed by atoms with E-state index in [0.29, 0.717) is 29.7 Å². The Hall–Kier alpha value is -2.87. The number of furan rings is 1. The lowest BCUT2D eigenvalue weighted by Crippen LogP contribution is -2.38. The number of para-hydroxylation sites is 1. The minimum absolute atomic E-state index is 0.229. The molecule has 3 heterocycles. The first kappa shape index (κ1) is 16.6. The van der Waals surface area contributed by atoms with Gasteiger partial charge in [-0.1, -0.05) is 30.0 Å². The van der Waals surface area contributed by atoms with E-state index in [2.05, 4.69) is 15.3 Å². The fraction of sp³-hybridized carbons (Fsp3) is 0.222. The summed E-state index contributed by atoms with van der Waals surface area (Å²) in [5, 5.41) is 3.73. The van der Waals surface area contributed by atoms with Crippen molar-refractivity contribution in [3.05, 3.63) is 42.7 Å². The zero-order valence-electron chi connectivity index (χ0n) is 14.0. The summed E-state index contributed by atoms with van der Waals surface area (Å²) in [7, 11) is 0. The van der Waals surface area contributed by atoms with Crippen LogP contribution < -0.4 is 5.32 Å². The van der Waals surface area contributed by atoms with Gasteiger partial charge in [-0.15, -0.1) is 0 Å². The molecule has 26 heavy (non-hydrogen) atoms. The second kappa shape index (κ2) is 6.80. The molecule has 0 radical (unpaired) electrons. The molecule has 0 aliphatic carbocycles. The molecule has 0 saturated carbocycles. The summed E-state index contributed by atoms with van der Waals surface area (Å²) < 4.78 is 5.41. The Morgan fingerprint density at radius 2 is 2.12 bits per heavy atom. The fourth-order valence-corrected chi connectivity index (χ4v) is 3.77. The van der Waals surface area contributed by atoms with Crippen LogP contribution in [0, 0.1) is 0 Å². The van der Waals surface area contributed by atoms with E-state index in [4.69, 9.17) is 4.42 Å². The molecule has 132 valence electrons. The maximum atomic E-state index is 12.6. The van der Waals surface area contributed by atoms with Crippen molar-refractivity contribution in [3.63, 3.8) is 0 Å². The van der Waals surface area contributed by atoms with E-state index >= 15 is 0 Å². The van der Waals surface area contributed by atoms with Crippen molar-refractivity contribution in [3.8, 4) is 11.6 Å². The van der Waals surface area contributed by atoms with Crippen molar-refractivity contribution in [2.24, 2.45) is 0 Å². The van der Waals surface area contributed by atoms with Crippen LogP contribution in [0.5, 0.6) is 0 Å². The molecule has 1 aromatic carbocycles. The molecule has 2 aromatic heterocycles. The number of amides is 3. The van der Waals surface area contributed by atoms with Gasteiger partial charge in [0, 0.05) is 18.5 Å². The molecule has 0 bridgehead atoms. The summed E-state index contributed by atoms with van der Waals surface area (Å²) >= 11 is 1.32. The van der Waals surface area contributed by atoms with E-state index in [1.54, 1.807) is 25.3 Å². The zero-order valence-corrected chi connectivity index (χ0v) is 14.8. The van der Waals surface area contributed by atoms with E-state index in [-0.39, 0.29) is 11.9 Å². The number of aromatic nitrogens is 2. The summed E-state index contributed by atoms with van der Waals surface area (Å²) in [6.07, 6.45) is 1.57. The standard InChI is InChI=1S/C18H16N4O3S/c1-11(17(23)22-9-8-19-18(22)24)26-16-12-5-2-3-6-13(12)20-15(21-16)14-7-4-10-25-14/h2-7,10-11H,8-9H2,1H3,(H,19,24)/t11-/m0/s1. The first-order chi connectivity index (χ1) is 12.6. The van der Waals surface area contributed by atoms with Gasteiger partial charge >= 0.3 is 6.03 Å². The van der Waals surface area contributed by atoms with E-state index in [1.807, 2.05) is 24.3 Å². The molecule has 0 unspecified atom stereocenters. The van der Waals surface area contributed by atoms with Crippen molar-refractivity contribution < 1.29 is 14.0 Å². The maximum absolute atomic E-state index is 12.6. The Morgan fingerprint density at radius 3 is 2.85 bits per heavy atom. The Labute approximate surface area is 153 Å². The quantitative estimate of drug-likeness (QED) is 0.563. The van der Waals surface area contributed by atoms with E-state index < -0.39 is 5.25 Å². The molecule has 8 heteroatoms. The van der Waals surface area contributed by atoms with Crippen LogP contribution in [0.2, 0.25) is 0 Å². The highest BCUT2D eigenvalue weighted by molar-refractivity contribution is 8.00. The molecular weight excluding hydrogens is 352 g/mol. The van der Waals surface area contributed by atoms with Crippen LogP contribution in [0.25, 0.3) is 22.5 Å². The van der Waals surface area contributed by atoms with Gasteiger partial charge in [0.1, 0.15) is 5.03 Å². The number of fused-ring (bicyclic) bond motifs is 1. The Bertz CT molecular complexity index is 974. The number of carbonyl (C=O) groups excluding carboxylic acids is 2. The van der Waals surface area contributed by atoms with Crippen LogP contribution in [0.3, 0.4) is 0 Å². The molecular formula is C18H16N4O3S. The van der Waals surface area contributed by atoms with Gasteiger partial charge in [-0.25, -0.2) is 14.8 Å². The average molecular weight is 368 g/mol. The largest absolute Gasteiger partial charge is 0.461 e. The number of imide groups is 1. The van der Waals surface area contributed by atoms with Crippen molar-refractivity contribution in [1.29, 1.82) is 0 Å². The van der Waals surface area contributed by atoms with Crippen LogP contribution in [0.1, 0.15) is 6.92 Å². The van der Waals surface area contributed by atoms with Crippen LogP contribution in [-0.2, 0) is 4.79 Å². The molecule has 0 spiro atoms. The van der Waals surface area contributed by atoms with Gasteiger partial charge in [-0.05, 0) is 25.1 Å². The van der Waals surface area contributed by atoms with Gasteiger partial charge in [-0.3, -0.25) is 9.69 Å². The third kappa shape index (κ3) is 3.03. The van der Waals surface area contributed by atoms with Gasteiger partial charge in [0.15, 0.2) is 11.6 Å². The summed E-state index contributed by atoms with van der Waals surface area (Å²) in [6, 6.07) is 10.9. The predicted octanol–water partition coefficient (Wildman–Crippen LogP) is 2.92. The minimum Gasteiger partial charge on any atom is -0.461 e. The molecule has 3 amide bonds. The van der Waals surface area contributed by atoms with Gasteiger partial charge < -0.3 is 9.73 Å². The second-order valence-corrected chi connectivity index (χ2v) is 7.16. The Morgan fingerprint density at radius 1 is 1.27 bits per heavy atom. The molecule has 7 nitrogen and oxygen atoms in total. The van der Waals surface area contributed by atoms with Crippen molar-refractivity contribution in [1.82, 2.24) is 20.2 Å². The highest BCUT2D eigenvalue weighted by Crippen LogP contribution is 2.31. The van der Waals surface area contributed by atoms with Gasteiger partial charge in [-0.2, -0.15) is 0 Å². The highest BCUT2D eigenvalue weighted by Gasteiger charge is 2.30. The summed E-state index contributed by atoms with van der Waals surface area (Å²) in [4.78, 5) is 34.7. The van der Waals surface area contributed by atoms with Gasteiger partial charge in [0.05, 0.1) is 17.0 Å². The normalized spacial score (nSPS) is 15.3. The van der Waals surface area contributed by atoms with E-state index in [0.717, 1.165) is 10.9 Å². The van der Waals surface area contributed by atoms with E-state index in [9.17, 15) is 9.59 Å². The molecule has 1 atom stereocenters. The molecule has 1 N–H and O–H groups in total. The van der Waals surface area contributed by atoms with Crippen LogP contribution >= 0.6 is 11.8 Å². The zero-order chi connectivity index (χ0) is 18.1. The number of carbonyl (C=O) groups is 2. The molecule has 3 aromatic rings. The van der Waals surface area contributed by atoms with Crippen molar-refractivity contribution in [2.75, 3.05) is 13.1 Å². The molecule has 1 aliphatic rings. The third-order valence-corrected chi connectivity index (χ3v) is 5.16. The fourth-order valence-electron chi connectivity index (χ4n) is 2.77. The number of benzene rings is 1. The summed E-state index contributed by atoms with van der Waals surface area (Å²) in [6.45, 7) is 2.66. The molecule has 1 saturated heterocycles. The van der Waals surface area contributed by atoms with Crippen molar-refractivity contribution in [2.45, 2.75) is 17.2 Å². The number of hydrogen-bond donors (Lipinski definition) is 1. The molecule has 1 fully saturated rings. The Balaban J connectivity index is 1.68. The van der Waals surface area contributed by atoms with Gasteiger partial charge in [0.25, 0.3) is 0 Å². The lowest BCUT2D eigenvalue weighted by Gasteiger charge is -2.17. The first-order valence-corrected chi connectivity index (χ1v) is 9.08. The van der Waals surface area contributed by atoms with Gasteiger partial charge in [0.2, 0.25) is 5.91 Å². The van der Waals surface area contributed by atoms with Crippen molar-refractivity contribution >= 4 is 34.6 Å². The second-order valence-electron chi connectivity index (χ2n) is 5.83. The lowest BCUT2D eigenvalue weighted by atomic mass is 10.2. The predicted molar refractivity (Wildman–Crippen MR) is 97.7 cm³/mol. The van der Waals surface area contributed by atoms with Crippen LogP contribution in [0.4, 0.5) is 4.79 Å². The number of hydrogen-bond acceptors (Lipinski definition) is 6. The average Bonchev–Trinajstić information content (AvgIpc) is 3.32. The SMILES string of the molecule is C[C@H](Sc1nc(-c2ccco2)nc2ccccc12)C(=O)N1CCNC1=O. The monoisotopic (exact) mass is 368 g/mol. The summed E-state index contributed by atoms with van der Waals surface area (Å²) in [5.41, 5.74) is 0.773. The lowest BCUT2D eigenvalue weighted by molar-refractivity contribution is -0.126. The molecule has 4 rings (SSSR count). The number of nitrogens with one attached hydrogen (secondary N) is 1. The maximum Gasteiger partial charge on any atom is 0.324 e. The smallest absolute Gasteiger partial charge is 0.324 e. The highest BCUT2D eigenvalue weighted by atomic mass is 32.2. The van der Waals surface area contributed by atoms with Crippen LogP contribution in [0.15, 0.2) is 52.1 Å². The summed E-state index contributed by atoms with van der Waals surface area (Å²) in [5.74, 6) is 0.803. The molecule has 1 aliphatic heterocycles.